The van der Waals surface area contributed by atoms with Crippen LogP contribution in [0.15, 0.2) is 0 Å². The summed E-state index contributed by atoms with van der Waals surface area (Å²) in [5.41, 5.74) is 0. The second-order valence-electron chi connectivity index (χ2n) is 3.59. The van der Waals surface area contributed by atoms with Gasteiger partial charge < -0.3 is 4.79 Å². The number of piperazine rings is 1. The topological polar surface area (TPSA) is 23.6 Å². The molecule has 0 aliphatic carbocycles. The summed E-state index contributed by atoms with van der Waals surface area (Å²) in [6.45, 7) is 2.80. The number of piperidine rings is 1. The molecular weight excluding hydrogens is 140 g/mol. The van der Waals surface area contributed by atoms with E-state index in [-0.39, 0.29) is 0 Å². The molecule has 3 aliphatic rings. The Kier molecular flexibility index (Phi) is 1.69. The molecule has 0 radical (unpaired) electrons. The van der Waals surface area contributed by atoms with Gasteiger partial charge in [-0.1, -0.05) is 0 Å². The van der Waals surface area contributed by atoms with E-state index < -0.39 is 0 Å². The van der Waals surface area contributed by atoms with Crippen LogP contribution in [0.1, 0.15) is 6.42 Å². The van der Waals surface area contributed by atoms with E-state index in [0.29, 0.717) is 6.54 Å². The number of rotatable bonds is 2. The quantitative estimate of drug-likeness (QED) is 0.504. The van der Waals surface area contributed by atoms with E-state index >= 15 is 0 Å². The highest BCUT2D eigenvalue weighted by molar-refractivity contribution is 5.52. The van der Waals surface area contributed by atoms with Crippen molar-refractivity contribution in [2.24, 2.45) is 0 Å². The fourth-order valence-corrected chi connectivity index (χ4v) is 2.14. The van der Waals surface area contributed by atoms with Crippen LogP contribution in [0.2, 0.25) is 0 Å². The van der Waals surface area contributed by atoms with Crippen LogP contribution >= 0.6 is 0 Å². The summed E-state index contributed by atoms with van der Waals surface area (Å²) in [5.74, 6) is 0. The fourth-order valence-electron chi connectivity index (χ4n) is 2.14. The molecular formula is C8H14N2O. The van der Waals surface area contributed by atoms with Gasteiger partial charge in [0, 0.05) is 25.2 Å². The van der Waals surface area contributed by atoms with Gasteiger partial charge in [0.05, 0.1) is 6.54 Å². The Morgan fingerprint density at radius 1 is 1.45 bits per heavy atom. The Morgan fingerprint density at radius 2 is 2.09 bits per heavy atom. The summed E-state index contributed by atoms with van der Waals surface area (Å²) in [6, 6.07) is 1.46. The van der Waals surface area contributed by atoms with Crippen LogP contribution in [0.25, 0.3) is 0 Å². The molecule has 3 heteroatoms. The first-order valence-corrected chi connectivity index (χ1v) is 4.19. The van der Waals surface area contributed by atoms with Gasteiger partial charge in [0.1, 0.15) is 6.29 Å². The number of hydrogen-bond acceptors (Lipinski definition) is 3. The molecule has 3 heterocycles. The van der Waals surface area contributed by atoms with Crippen molar-refractivity contribution in [3.8, 4) is 0 Å². The Bertz CT molecular complexity index is 159. The van der Waals surface area contributed by atoms with Crippen molar-refractivity contribution in [2.75, 3.05) is 26.7 Å². The Labute approximate surface area is 67.0 Å². The van der Waals surface area contributed by atoms with Gasteiger partial charge >= 0.3 is 0 Å². The van der Waals surface area contributed by atoms with Crippen molar-refractivity contribution in [3.63, 3.8) is 0 Å². The minimum Gasteiger partial charge on any atom is -0.302 e. The summed E-state index contributed by atoms with van der Waals surface area (Å²) in [6.07, 6.45) is 2.34. The summed E-state index contributed by atoms with van der Waals surface area (Å²) in [7, 11) is 2.18. The van der Waals surface area contributed by atoms with Gasteiger partial charge in [-0.2, -0.15) is 0 Å². The van der Waals surface area contributed by atoms with E-state index in [1.54, 1.807) is 0 Å². The molecule has 0 saturated carbocycles. The summed E-state index contributed by atoms with van der Waals surface area (Å²) < 4.78 is 0. The van der Waals surface area contributed by atoms with Gasteiger partial charge in [0.25, 0.3) is 0 Å². The molecule has 3 nitrogen and oxygen atoms in total. The van der Waals surface area contributed by atoms with Gasteiger partial charge in [0.15, 0.2) is 0 Å². The molecule has 0 amide bonds. The lowest BCUT2D eigenvalue weighted by Gasteiger charge is -2.54. The maximum absolute atomic E-state index is 10.2. The Hall–Kier alpha value is -0.410. The molecule has 0 N–H and O–H groups in total. The average Bonchev–Trinajstić information content (AvgIpc) is 2.05. The third-order valence-electron chi connectivity index (χ3n) is 2.97. The molecule has 0 aromatic rings. The summed E-state index contributed by atoms with van der Waals surface area (Å²) in [4.78, 5) is 14.9. The smallest absolute Gasteiger partial charge is 0.133 e. The van der Waals surface area contributed by atoms with Crippen LogP contribution in [0.3, 0.4) is 0 Å². The van der Waals surface area contributed by atoms with Gasteiger partial charge in [-0.05, 0) is 13.5 Å². The normalized spacial score (nSPS) is 38.3. The molecule has 3 rings (SSSR count). The van der Waals surface area contributed by atoms with E-state index in [9.17, 15) is 4.79 Å². The SMILES string of the molecule is CN1C2CC1CN(CC=O)C2. The van der Waals surface area contributed by atoms with Crippen LogP contribution in [-0.4, -0.2) is 54.9 Å². The molecule has 0 spiro atoms. The lowest BCUT2D eigenvalue weighted by molar-refractivity contribution is -0.112. The van der Waals surface area contributed by atoms with Crippen LogP contribution in [-0.2, 0) is 4.79 Å². The number of nitrogens with zero attached hydrogens (tertiary/aromatic N) is 2. The molecule has 3 saturated heterocycles. The van der Waals surface area contributed by atoms with Crippen molar-refractivity contribution in [1.29, 1.82) is 0 Å². The average molecular weight is 154 g/mol. The number of likely N-dealkylation sites (N-methyl/N-ethyl adjacent to an activating group) is 1. The van der Waals surface area contributed by atoms with E-state index in [1.165, 1.54) is 6.42 Å². The molecule has 2 atom stereocenters. The number of fused-ring (bicyclic) bond motifs is 2. The highest BCUT2D eigenvalue weighted by atomic mass is 16.1. The molecule has 0 aromatic carbocycles. The third-order valence-corrected chi connectivity index (χ3v) is 2.97. The van der Waals surface area contributed by atoms with Gasteiger partial charge in [-0.25, -0.2) is 0 Å². The van der Waals surface area contributed by atoms with Crippen molar-refractivity contribution in [1.82, 2.24) is 9.80 Å². The van der Waals surface area contributed by atoms with Crippen molar-refractivity contribution < 1.29 is 4.79 Å². The maximum Gasteiger partial charge on any atom is 0.133 e. The summed E-state index contributed by atoms with van der Waals surface area (Å²) >= 11 is 0. The minimum absolute atomic E-state index is 0.626. The number of carbonyl (C=O) groups excluding carboxylic acids is 1. The fraction of sp³-hybridized carbons (Fsp3) is 0.875. The zero-order chi connectivity index (χ0) is 7.84. The van der Waals surface area contributed by atoms with E-state index in [0.717, 1.165) is 31.5 Å². The number of aldehydes is 1. The van der Waals surface area contributed by atoms with Crippen molar-refractivity contribution in [2.45, 2.75) is 18.5 Å². The monoisotopic (exact) mass is 154 g/mol. The molecule has 62 valence electrons. The van der Waals surface area contributed by atoms with Crippen LogP contribution in [0, 0.1) is 0 Å². The maximum atomic E-state index is 10.2. The number of hydrogen-bond donors (Lipinski definition) is 0. The van der Waals surface area contributed by atoms with E-state index in [4.69, 9.17) is 0 Å². The number of carbonyl (C=O) groups is 1. The van der Waals surface area contributed by atoms with Crippen LogP contribution < -0.4 is 0 Å². The Morgan fingerprint density at radius 3 is 2.55 bits per heavy atom. The van der Waals surface area contributed by atoms with E-state index in [1.807, 2.05) is 0 Å². The van der Waals surface area contributed by atoms with Gasteiger partial charge in [0.2, 0.25) is 0 Å². The lowest BCUT2D eigenvalue weighted by Crippen LogP contribution is -2.67. The standard InChI is InChI=1S/C8H14N2O/c1-9-7-4-8(9)6-10(5-7)2-3-11/h3,7-8H,2,4-6H2,1H3. The predicted molar refractivity (Wildman–Crippen MR) is 42.5 cm³/mol. The lowest BCUT2D eigenvalue weighted by atomic mass is 9.88. The third kappa shape index (κ3) is 1.08. The van der Waals surface area contributed by atoms with Crippen LogP contribution in [0.4, 0.5) is 0 Å². The first kappa shape index (κ1) is 7.25. The molecule has 0 aromatic heterocycles. The van der Waals surface area contributed by atoms with Crippen LogP contribution in [0.5, 0.6) is 0 Å². The highest BCUT2D eigenvalue weighted by Crippen LogP contribution is 2.29. The summed E-state index contributed by atoms with van der Waals surface area (Å²) in [5, 5.41) is 0. The Balaban J connectivity index is 1.89. The molecule has 11 heavy (non-hydrogen) atoms. The largest absolute Gasteiger partial charge is 0.302 e. The van der Waals surface area contributed by atoms with Gasteiger partial charge in [-0.3, -0.25) is 9.80 Å². The predicted octanol–water partition coefficient (Wildman–Crippen LogP) is -0.426. The molecule has 3 fully saturated rings. The zero-order valence-corrected chi connectivity index (χ0v) is 6.86. The molecule has 3 aliphatic heterocycles. The zero-order valence-electron chi connectivity index (χ0n) is 6.86. The molecule has 2 bridgehead atoms. The van der Waals surface area contributed by atoms with E-state index in [2.05, 4.69) is 16.8 Å². The minimum atomic E-state index is 0.626. The first-order valence-electron chi connectivity index (χ1n) is 4.19. The molecule has 2 unspecified atom stereocenters. The van der Waals surface area contributed by atoms with Crippen molar-refractivity contribution in [3.05, 3.63) is 0 Å². The van der Waals surface area contributed by atoms with Gasteiger partial charge in [-0.15, -0.1) is 0 Å². The second-order valence-corrected chi connectivity index (χ2v) is 3.59. The first-order chi connectivity index (χ1) is 5.31. The second kappa shape index (κ2) is 2.57. The van der Waals surface area contributed by atoms with Crippen molar-refractivity contribution >= 4 is 6.29 Å². The highest BCUT2D eigenvalue weighted by Gasteiger charge is 2.41.